The molecule has 1 aliphatic heterocycles. The fourth-order valence-electron chi connectivity index (χ4n) is 2.65. The van der Waals surface area contributed by atoms with Gasteiger partial charge in [0.2, 0.25) is 0 Å². The lowest BCUT2D eigenvalue weighted by Gasteiger charge is -2.27. The molecule has 5 heteroatoms. The Morgan fingerprint density at radius 2 is 2.32 bits per heavy atom. The van der Waals surface area contributed by atoms with Crippen LogP contribution in [0.4, 0.5) is 0 Å². The number of carbonyl (C=O) groups is 1. The van der Waals surface area contributed by atoms with Crippen LogP contribution in [0.2, 0.25) is 0 Å². The van der Waals surface area contributed by atoms with Crippen LogP contribution >= 0.6 is 12.4 Å². The molecule has 0 radical (unpaired) electrons. The highest BCUT2D eigenvalue weighted by Crippen LogP contribution is 2.27. The first kappa shape index (κ1) is 16.0. The molecule has 1 aromatic carbocycles. The van der Waals surface area contributed by atoms with Gasteiger partial charge < -0.3 is 10.8 Å². The molecule has 1 aliphatic rings. The van der Waals surface area contributed by atoms with Crippen molar-refractivity contribution in [1.29, 1.82) is 0 Å². The molecule has 4 nitrogen and oxygen atoms in total. The Bertz CT molecular complexity index is 439. The van der Waals surface area contributed by atoms with Crippen molar-refractivity contribution < 1.29 is 9.90 Å². The van der Waals surface area contributed by atoms with Crippen LogP contribution in [0, 0.1) is 12.8 Å². The van der Waals surface area contributed by atoms with Gasteiger partial charge in [-0.2, -0.15) is 0 Å². The van der Waals surface area contributed by atoms with Gasteiger partial charge in [-0.3, -0.25) is 9.69 Å². The van der Waals surface area contributed by atoms with E-state index in [2.05, 4.69) is 30.0 Å². The Hall–Kier alpha value is -1.10. The zero-order valence-corrected chi connectivity index (χ0v) is 11.9. The number of carboxylic acid groups (broad SMARTS) is 1. The number of aliphatic carboxylic acids is 1. The molecular weight excluding hydrogens is 264 g/mol. The van der Waals surface area contributed by atoms with E-state index in [1.165, 1.54) is 11.1 Å². The summed E-state index contributed by atoms with van der Waals surface area (Å²) in [4.78, 5) is 13.2. The number of nitrogens with two attached hydrogens (primary N) is 1. The highest BCUT2D eigenvalue weighted by Gasteiger charge is 2.32. The van der Waals surface area contributed by atoms with Gasteiger partial charge >= 0.3 is 5.97 Å². The summed E-state index contributed by atoms with van der Waals surface area (Å²) in [6, 6.07) is 8.41. The van der Waals surface area contributed by atoms with Gasteiger partial charge in [-0.25, -0.2) is 0 Å². The summed E-state index contributed by atoms with van der Waals surface area (Å²) >= 11 is 0. The molecule has 0 aromatic heterocycles. The van der Waals surface area contributed by atoms with Gasteiger partial charge in [0, 0.05) is 19.1 Å². The van der Waals surface area contributed by atoms with E-state index in [4.69, 9.17) is 10.8 Å². The molecule has 19 heavy (non-hydrogen) atoms. The van der Waals surface area contributed by atoms with E-state index in [0.29, 0.717) is 13.1 Å². The maximum atomic E-state index is 11.0. The minimum Gasteiger partial charge on any atom is -0.481 e. The second-order valence-corrected chi connectivity index (χ2v) is 4.98. The first-order valence-electron chi connectivity index (χ1n) is 6.35. The van der Waals surface area contributed by atoms with Crippen molar-refractivity contribution >= 4 is 18.4 Å². The van der Waals surface area contributed by atoms with E-state index in [0.717, 1.165) is 13.0 Å². The highest BCUT2D eigenvalue weighted by molar-refractivity contribution is 5.85. The summed E-state index contributed by atoms with van der Waals surface area (Å²) in [6.07, 6.45) is 0.720. The fraction of sp³-hybridized carbons (Fsp3) is 0.500. The summed E-state index contributed by atoms with van der Waals surface area (Å²) in [5, 5.41) is 9.04. The number of hydrogen-bond acceptors (Lipinski definition) is 3. The Morgan fingerprint density at radius 3 is 2.84 bits per heavy atom. The number of benzene rings is 1. The fourth-order valence-corrected chi connectivity index (χ4v) is 2.65. The molecule has 2 atom stereocenters. The van der Waals surface area contributed by atoms with Crippen LogP contribution in [-0.2, 0) is 4.79 Å². The van der Waals surface area contributed by atoms with E-state index in [1.54, 1.807) is 0 Å². The van der Waals surface area contributed by atoms with Crippen molar-refractivity contribution in [2.24, 2.45) is 11.7 Å². The third-order valence-electron chi connectivity index (χ3n) is 3.66. The van der Waals surface area contributed by atoms with E-state index < -0.39 is 5.97 Å². The quantitative estimate of drug-likeness (QED) is 0.885. The molecule has 0 amide bonds. The van der Waals surface area contributed by atoms with Crippen molar-refractivity contribution in [2.75, 3.05) is 19.6 Å². The van der Waals surface area contributed by atoms with Gasteiger partial charge in [-0.1, -0.05) is 29.8 Å². The topological polar surface area (TPSA) is 66.6 Å². The van der Waals surface area contributed by atoms with Crippen LogP contribution in [0.15, 0.2) is 24.3 Å². The molecule has 2 unspecified atom stereocenters. The van der Waals surface area contributed by atoms with Gasteiger partial charge in [0.1, 0.15) is 0 Å². The number of carboxylic acids is 1. The molecule has 0 aliphatic carbocycles. The summed E-state index contributed by atoms with van der Waals surface area (Å²) < 4.78 is 0. The molecule has 0 spiro atoms. The summed E-state index contributed by atoms with van der Waals surface area (Å²) in [5.74, 6) is -0.943. The van der Waals surface area contributed by atoms with Crippen LogP contribution in [0.1, 0.15) is 23.6 Å². The molecule has 1 heterocycles. The van der Waals surface area contributed by atoms with Crippen LogP contribution < -0.4 is 5.73 Å². The van der Waals surface area contributed by atoms with Crippen molar-refractivity contribution in [3.63, 3.8) is 0 Å². The molecule has 2 rings (SSSR count). The second-order valence-electron chi connectivity index (χ2n) is 4.98. The molecular formula is C14H21ClN2O2. The third-order valence-corrected chi connectivity index (χ3v) is 3.66. The summed E-state index contributed by atoms with van der Waals surface area (Å²) in [6.45, 7) is 3.99. The Kier molecular flexibility index (Phi) is 5.79. The Labute approximate surface area is 120 Å². The third kappa shape index (κ3) is 3.69. The van der Waals surface area contributed by atoms with E-state index in [9.17, 15) is 4.79 Å². The maximum Gasteiger partial charge on any atom is 0.307 e. The van der Waals surface area contributed by atoms with Gasteiger partial charge in [-0.15, -0.1) is 12.4 Å². The van der Waals surface area contributed by atoms with Crippen molar-refractivity contribution in [2.45, 2.75) is 19.4 Å². The Morgan fingerprint density at radius 1 is 1.58 bits per heavy atom. The molecule has 3 N–H and O–H groups in total. The average molecular weight is 285 g/mol. The van der Waals surface area contributed by atoms with Gasteiger partial charge in [0.15, 0.2) is 0 Å². The second kappa shape index (κ2) is 6.89. The SMILES string of the molecule is Cc1cccc(C(CN)N2CCC(C(=O)O)C2)c1.Cl. The standard InChI is InChI=1S/C14H20N2O2.ClH/c1-10-3-2-4-11(7-10)13(8-15)16-6-5-12(9-16)14(17)18;/h2-4,7,12-13H,5-6,8-9,15H2,1H3,(H,17,18);1H. The lowest BCUT2D eigenvalue weighted by molar-refractivity contribution is -0.141. The van der Waals surface area contributed by atoms with E-state index in [-0.39, 0.29) is 24.4 Å². The summed E-state index contributed by atoms with van der Waals surface area (Å²) in [7, 11) is 0. The normalized spacial score (nSPS) is 20.8. The average Bonchev–Trinajstić information content (AvgIpc) is 2.80. The number of nitrogens with zero attached hydrogens (tertiary/aromatic N) is 1. The first-order valence-corrected chi connectivity index (χ1v) is 6.35. The molecule has 1 saturated heterocycles. The Balaban J connectivity index is 0.00000180. The predicted molar refractivity (Wildman–Crippen MR) is 77.5 cm³/mol. The zero-order valence-electron chi connectivity index (χ0n) is 11.1. The molecule has 0 saturated carbocycles. The number of halogens is 1. The van der Waals surface area contributed by atoms with E-state index >= 15 is 0 Å². The number of likely N-dealkylation sites (tertiary alicyclic amines) is 1. The lowest BCUT2D eigenvalue weighted by Crippen LogP contribution is -2.32. The van der Waals surface area contributed by atoms with E-state index in [1.807, 2.05) is 6.07 Å². The van der Waals surface area contributed by atoms with Gasteiger partial charge in [0.25, 0.3) is 0 Å². The molecule has 106 valence electrons. The van der Waals surface area contributed by atoms with Crippen LogP contribution in [0.25, 0.3) is 0 Å². The maximum absolute atomic E-state index is 11.0. The lowest BCUT2D eigenvalue weighted by atomic mass is 10.0. The summed E-state index contributed by atoms with van der Waals surface area (Å²) in [5.41, 5.74) is 8.26. The molecule has 1 fully saturated rings. The monoisotopic (exact) mass is 284 g/mol. The van der Waals surface area contributed by atoms with Crippen molar-refractivity contribution in [1.82, 2.24) is 4.90 Å². The predicted octanol–water partition coefficient (Wildman–Crippen LogP) is 1.82. The zero-order chi connectivity index (χ0) is 13.1. The largest absolute Gasteiger partial charge is 0.481 e. The van der Waals surface area contributed by atoms with Crippen molar-refractivity contribution in [3.8, 4) is 0 Å². The van der Waals surface area contributed by atoms with Crippen LogP contribution in [0.3, 0.4) is 0 Å². The van der Waals surface area contributed by atoms with Crippen LogP contribution in [-0.4, -0.2) is 35.6 Å². The molecule has 0 bridgehead atoms. The number of hydrogen-bond donors (Lipinski definition) is 2. The number of rotatable bonds is 4. The van der Waals surface area contributed by atoms with Gasteiger partial charge in [-0.05, 0) is 25.5 Å². The number of aryl methyl sites for hydroxylation is 1. The highest BCUT2D eigenvalue weighted by atomic mass is 35.5. The minimum atomic E-state index is -0.697. The first-order chi connectivity index (χ1) is 8.61. The molecule has 1 aromatic rings. The van der Waals surface area contributed by atoms with Crippen molar-refractivity contribution in [3.05, 3.63) is 35.4 Å². The van der Waals surface area contributed by atoms with Gasteiger partial charge in [0.05, 0.1) is 5.92 Å². The minimum absolute atomic E-state index is 0. The van der Waals surface area contributed by atoms with Crippen LogP contribution in [0.5, 0.6) is 0 Å². The smallest absolute Gasteiger partial charge is 0.307 e.